The summed E-state index contributed by atoms with van der Waals surface area (Å²) in [6.07, 6.45) is -10.6. The predicted molar refractivity (Wildman–Crippen MR) is 128 cm³/mol. The fraction of sp³-hybridized carbons (Fsp3) is 0.667. The lowest BCUT2D eigenvalue weighted by Crippen LogP contribution is -2.52. The lowest BCUT2D eigenvalue weighted by Gasteiger charge is -2.31. The van der Waals surface area contributed by atoms with E-state index in [1.807, 2.05) is 0 Å². The van der Waals surface area contributed by atoms with Crippen molar-refractivity contribution in [3.8, 4) is 0 Å². The van der Waals surface area contributed by atoms with E-state index in [0.717, 1.165) is 10.9 Å². The minimum Gasteiger partial charge on any atom is -0.388 e. The van der Waals surface area contributed by atoms with E-state index in [2.05, 4.69) is 32.8 Å². The highest BCUT2D eigenvalue weighted by atomic mass is 31.3. The van der Waals surface area contributed by atoms with Gasteiger partial charge < -0.3 is 65.4 Å². The molecule has 4 rings (SSSR count). The highest BCUT2D eigenvalue weighted by Gasteiger charge is 2.47. The summed E-state index contributed by atoms with van der Waals surface area (Å²) < 4.78 is 56.1. The zero-order valence-corrected chi connectivity index (χ0v) is 23.2. The number of nitrogens with one attached hydrogen (secondary N) is 1. The van der Waals surface area contributed by atoms with Crippen LogP contribution in [-0.2, 0) is 36.3 Å². The number of anilines is 1. The Morgan fingerprint density at radius 3 is 2.21 bits per heavy atom. The minimum atomic E-state index is -5.73. The molecule has 4 heterocycles. The number of ether oxygens (including phenoxy) is 2. The van der Waals surface area contributed by atoms with Gasteiger partial charge in [0.05, 0.1) is 19.5 Å². The first kappa shape index (κ1) is 34.7. The van der Waals surface area contributed by atoms with E-state index in [0.29, 0.717) is 0 Å². The number of imidazole rings is 1. The number of phosphoric ester groups is 1. The molecule has 0 radical (unpaired) electrons. The molecule has 2 aromatic rings. The maximum Gasteiger partial charge on any atom is 0.490 e. The van der Waals surface area contributed by atoms with Gasteiger partial charge in [0.25, 0.3) is 5.56 Å². The third kappa shape index (κ3) is 8.66. The molecule has 0 bridgehead atoms. The van der Waals surface area contributed by atoms with Gasteiger partial charge in [-0.25, -0.2) is 18.7 Å². The summed E-state index contributed by atoms with van der Waals surface area (Å²) in [5, 5.41) is 55.7. The Labute approximate surface area is 231 Å². The van der Waals surface area contributed by atoms with Crippen LogP contribution in [0, 0.1) is 0 Å². The van der Waals surface area contributed by atoms with E-state index in [4.69, 9.17) is 45.6 Å². The molecule has 2 aliphatic heterocycles. The largest absolute Gasteiger partial charge is 0.490 e. The molecule has 13 N–H and O–H groups in total. The van der Waals surface area contributed by atoms with E-state index in [9.17, 15) is 33.6 Å². The van der Waals surface area contributed by atoms with E-state index in [-0.39, 0.29) is 23.7 Å². The summed E-state index contributed by atoms with van der Waals surface area (Å²) in [4.78, 5) is 57.3. The smallest absolute Gasteiger partial charge is 0.388 e. The van der Waals surface area contributed by atoms with E-state index in [1.54, 1.807) is 0 Å². The van der Waals surface area contributed by atoms with Crippen molar-refractivity contribution in [3.05, 3.63) is 16.7 Å². The zero-order valence-electron chi connectivity index (χ0n) is 20.5. The number of rotatable bonds is 8. The van der Waals surface area contributed by atoms with Gasteiger partial charge in [0, 0.05) is 0 Å². The van der Waals surface area contributed by atoms with Crippen LogP contribution < -0.4 is 11.3 Å². The standard InChI is InChI=1S/C10H16N5O14P3.C5H10O5/c11-10-13-7-4(8(18)14-10)12-2-15(7)9-6(17)5(16)3(27-9)1-26-31(22,23)29-32(24,25)28-30(19,20)21;6-2-1-10-5(9)4(8)3(2)7/h2-3,5-6,9,16-17H,1H2,(H,22,23)(H,24,25)(H2,19,20,21)(H3,11,13,14,18);2-9H,1H2/t3-,5-,6-,9-;2-,3-,4+,5-/m10/s1. The first-order chi connectivity index (χ1) is 19.2. The number of hydrogen-bond acceptors (Lipinski definition) is 18. The lowest BCUT2D eigenvalue weighted by atomic mass is 10.1. The molecule has 27 heteroatoms. The molecule has 2 saturated heterocycles. The fourth-order valence-electron chi connectivity index (χ4n) is 3.49. The van der Waals surface area contributed by atoms with Crippen LogP contribution in [0.15, 0.2) is 11.1 Å². The summed E-state index contributed by atoms with van der Waals surface area (Å²) in [6, 6.07) is 0. The Kier molecular flexibility index (Phi) is 10.8. The number of aliphatic hydroxyl groups excluding tert-OH is 6. The number of fused-ring (bicyclic) bond motifs is 1. The maximum atomic E-state index is 11.9. The average molecular weight is 673 g/mol. The molecule has 0 aliphatic carbocycles. The van der Waals surface area contributed by atoms with Crippen LogP contribution >= 0.6 is 23.5 Å². The minimum absolute atomic E-state index is 0.115. The van der Waals surface area contributed by atoms with E-state index < -0.39 is 84.8 Å². The number of H-pyrrole nitrogens is 1. The van der Waals surface area contributed by atoms with Crippen LogP contribution in [0.4, 0.5) is 5.95 Å². The molecule has 0 spiro atoms. The lowest BCUT2D eigenvalue weighted by molar-refractivity contribution is -0.252. The molecule has 10 atom stereocenters. The van der Waals surface area contributed by atoms with Gasteiger partial charge in [-0.3, -0.25) is 18.9 Å². The van der Waals surface area contributed by atoms with Crippen molar-refractivity contribution < 1.29 is 86.5 Å². The molecule has 2 aliphatic rings. The summed E-state index contributed by atoms with van der Waals surface area (Å²) in [7, 11) is -16.8. The van der Waals surface area contributed by atoms with Crippen molar-refractivity contribution in [3.63, 3.8) is 0 Å². The number of aromatic nitrogens is 4. The van der Waals surface area contributed by atoms with Gasteiger partial charge in [0.2, 0.25) is 5.95 Å². The number of aromatic amines is 1. The SMILES string of the molecule is Nc1nc2c(ncn2[C@@H]2O[C@H](COP(=O)(O)OP(=O)(O)OP(=O)(O)O)[C@@H](O)[C@H]2O)c(=O)[nH]1.O[C@@H]1[C@@H](O)[C@@H](O)OC[C@@H]1O. The Hall–Kier alpha value is -1.76. The van der Waals surface area contributed by atoms with Crippen molar-refractivity contribution in [1.29, 1.82) is 0 Å². The van der Waals surface area contributed by atoms with Crippen LogP contribution in [0.1, 0.15) is 6.23 Å². The fourth-order valence-corrected chi connectivity index (χ4v) is 6.52. The Balaban J connectivity index is 0.000000408. The number of nitrogens with zero attached hydrogens (tertiary/aromatic N) is 3. The van der Waals surface area contributed by atoms with Crippen LogP contribution in [-0.4, -0.2) is 126 Å². The van der Waals surface area contributed by atoms with Gasteiger partial charge in [0.15, 0.2) is 23.7 Å². The molecule has 2 fully saturated rings. The number of aliphatic hydroxyl groups is 6. The molecule has 0 amide bonds. The van der Waals surface area contributed by atoms with E-state index >= 15 is 0 Å². The van der Waals surface area contributed by atoms with Crippen LogP contribution in [0.2, 0.25) is 0 Å². The second-order valence-corrected chi connectivity index (χ2v) is 12.9. The van der Waals surface area contributed by atoms with Crippen LogP contribution in [0.25, 0.3) is 11.2 Å². The average Bonchev–Trinajstić information content (AvgIpc) is 3.38. The summed E-state index contributed by atoms with van der Waals surface area (Å²) >= 11 is 0. The van der Waals surface area contributed by atoms with Crippen molar-refractivity contribution in [1.82, 2.24) is 19.5 Å². The summed E-state index contributed by atoms with van der Waals surface area (Å²) in [5.41, 5.74) is 4.50. The van der Waals surface area contributed by atoms with Crippen molar-refractivity contribution in [2.45, 2.75) is 49.1 Å². The predicted octanol–water partition coefficient (Wildman–Crippen LogP) is -4.92. The Bertz CT molecular complexity index is 1430. The Morgan fingerprint density at radius 1 is 0.976 bits per heavy atom. The molecule has 0 aromatic carbocycles. The van der Waals surface area contributed by atoms with Crippen LogP contribution in [0.3, 0.4) is 0 Å². The molecule has 24 nitrogen and oxygen atoms in total. The quantitative estimate of drug-likeness (QED) is 0.117. The highest BCUT2D eigenvalue weighted by Crippen LogP contribution is 2.66. The van der Waals surface area contributed by atoms with Crippen molar-refractivity contribution in [2.75, 3.05) is 18.9 Å². The van der Waals surface area contributed by atoms with E-state index in [1.165, 1.54) is 0 Å². The second-order valence-electron chi connectivity index (χ2n) is 8.48. The normalized spacial score (nSPS) is 33.0. The number of hydrogen-bond donors (Lipinski definition) is 12. The molecule has 240 valence electrons. The molecular weight excluding hydrogens is 647 g/mol. The number of nitrogen functional groups attached to an aromatic ring is 1. The van der Waals surface area contributed by atoms with Gasteiger partial charge in [0.1, 0.15) is 36.6 Å². The molecular formula is C15H26N5O19P3. The first-order valence-electron chi connectivity index (χ1n) is 11.1. The van der Waals surface area contributed by atoms with Gasteiger partial charge in [-0.1, -0.05) is 0 Å². The second kappa shape index (κ2) is 13.1. The highest BCUT2D eigenvalue weighted by molar-refractivity contribution is 7.66. The van der Waals surface area contributed by atoms with Gasteiger partial charge in [-0.2, -0.15) is 13.6 Å². The van der Waals surface area contributed by atoms with Gasteiger partial charge >= 0.3 is 23.5 Å². The number of phosphoric acid groups is 3. The van der Waals surface area contributed by atoms with Crippen molar-refractivity contribution in [2.24, 2.45) is 0 Å². The number of nitrogens with two attached hydrogens (primary N) is 1. The Morgan fingerprint density at radius 2 is 1.62 bits per heavy atom. The summed E-state index contributed by atoms with van der Waals surface area (Å²) in [5.74, 6) is -0.276. The zero-order chi connectivity index (χ0) is 31.8. The molecule has 2 aromatic heterocycles. The molecule has 42 heavy (non-hydrogen) atoms. The van der Waals surface area contributed by atoms with Crippen LogP contribution in [0.5, 0.6) is 0 Å². The molecule has 2 unspecified atom stereocenters. The third-order valence-electron chi connectivity index (χ3n) is 5.35. The topological polar surface area (TPSA) is 389 Å². The monoisotopic (exact) mass is 673 g/mol. The summed E-state index contributed by atoms with van der Waals surface area (Å²) in [6.45, 7) is -1.17. The van der Waals surface area contributed by atoms with Gasteiger partial charge in [-0.05, 0) is 0 Å². The maximum absolute atomic E-state index is 11.9. The third-order valence-corrected chi connectivity index (χ3v) is 9.16. The van der Waals surface area contributed by atoms with Gasteiger partial charge in [-0.15, -0.1) is 0 Å². The first-order valence-corrected chi connectivity index (χ1v) is 15.6. The van der Waals surface area contributed by atoms with Crippen molar-refractivity contribution >= 4 is 40.6 Å². The molecule has 0 saturated carbocycles.